The van der Waals surface area contributed by atoms with Gasteiger partial charge in [0.1, 0.15) is 0 Å². The van der Waals surface area contributed by atoms with E-state index in [1.54, 1.807) is 0 Å². The van der Waals surface area contributed by atoms with Crippen molar-refractivity contribution < 1.29 is 0 Å². The summed E-state index contributed by atoms with van der Waals surface area (Å²) in [5.74, 6) is 4.82. The minimum absolute atomic E-state index is 0.0581. The molecule has 0 N–H and O–H groups in total. The molecule has 2 aliphatic rings. The quantitative estimate of drug-likeness (QED) is 0.102. The number of hydrogen-bond acceptors (Lipinski definition) is 11. The summed E-state index contributed by atoms with van der Waals surface area (Å²) in [6.07, 6.45) is 0. The molecule has 6 heterocycles. The molecule has 13 heteroatoms. The Morgan fingerprint density at radius 2 is 0.519 bits per heavy atom. The van der Waals surface area contributed by atoms with E-state index in [2.05, 4.69) is 221 Å². The standard InChI is InChI=1S/C93H59BN12/c1-7-26-62(27-8-1)85-95-86(63-28-9-2-10-29-63)99-91(98-85)68-52-56-78-73(58-68)72-38-19-22-41-77(72)106(78)79-57-53-69(92-100-87(64-30-11-3-12-31-64)96-88(101-92)65-32-13-4-14-33-65)59-74(79)93-102-89(66-34-15-5-16-35-66)97-90(103-93)67-48-46-60(47-49-67)61-50-54-71(55-51-61)105-81-43-24-21-40-76(81)94-75-39-20-23-42-80(75)104(70-36-17-6-18-37-70)82-44-25-45-83(105)84(82)94/h1-59H. The maximum Gasteiger partial charge on any atom is 0.252 e. The average Bonchev–Trinajstić information content (AvgIpc) is 0.853. The second-order valence-corrected chi connectivity index (χ2v) is 26.5. The summed E-state index contributed by atoms with van der Waals surface area (Å²) in [6.45, 7) is 0.0581. The van der Waals surface area contributed by atoms with Crippen LogP contribution in [0, 0.1) is 0 Å². The molecule has 0 atom stereocenters. The lowest BCUT2D eigenvalue weighted by Crippen LogP contribution is -2.61. The molecular formula is C93H59BN12. The molecule has 18 aromatic rings. The van der Waals surface area contributed by atoms with E-state index in [-0.39, 0.29) is 6.71 Å². The summed E-state index contributed by atoms with van der Waals surface area (Å²) in [5.41, 5.74) is 23.2. The van der Waals surface area contributed by atoms with Crippen molar-refractivity contribution in [1.82, 2.24) is 49.4 Å². The maximum atomic E-state index is 5.55. The minimum atomic E-state index is 0.0581. The molecule has 2 aliphatic heterocycles. The monoisotopic (exact) mass is 1350 g/mol. The number of aromatic nitrogens is 10. The molecule has 0 saturated carbocycles. The van der Waals surface area contributed by atoms with Gasteiger partial charge in [0.2, 0.25) is 0 Å². The second-order valence-electron chi connectivity index (χ2n) is 26.5. The largest absolute Gasteiger partial charge is 0.311 e. The van der Waals surface area contributed by atoms with E-state index < -0.39 is 0 Å². The van der Waals surface area contributed by atoms with Crippen LogP contribution in [0.2, 0.25) is 0 Å². The van der Waals surface area contributed by atoms with Gasteiger partial charge in [-0.25, -0.2) is 44.9 Å². The van der Waals surface area contributed by atoms with Crippen molar-refractivity contribution in [3.05, 3.63) is 358 Å². The lowest BCUT2D eigenvalue weighted by molar-refractivity contribution is 1.06. The molecule has 0 amide bonds. The van der Waals surface area contributed by atoms with Crippen molar-refractivity contribution in [3.63, 3.8) is 0 Å². The van der Waals surface area contributed by atoms with Crippen LogP contribution in [0.3, 0.4) is 0 Å². The molecule has 0 spiro atoms. The summed E-state index contributed by atoms with van der Waals surface area (Å²) in [6, 6.07) is 124. The molecule has 0 unspecified atom stereocenters. The van der Waals surface area contributed by atoms with Gasteiger partial charge in [0.25, 0.3) is 6.71 Å². The average molecular weight is 1360 g/mol. The van der Waals surface area contributed by atoms with Crippen LogP contribution in [0.15, 0.2) is 358 Å². The Balaban J connectivity index is 0.721. The lowest BCUT2D eigenvalue weighted by atomic mass is 9.33. The Hall–Kier alpha value is -14.4. The number of hydrogen-bond donors (Lipinski definition) is 0. The lowest BCUT2D eigenvalue weighted by Gasteiger charge is -2.44. The van der Waals surface area contributed by atoms with Crippen molar-refractivity contribution in [2.24, 2.45) is 0 Å². The molecular weight excluding hydrogens is 1300 g/mol. The smallest absolute Gasteiger partial charge is 0.252 e. The third-order valence-electron chi connectivity index (χ3n) is 20.2. The van der Waals surface area contributed by atoms with Gasteiger partial charge in [-0.1, -0.05) is 267 Å². The molecule has 0 radical (unpaired) electrons. The minimum Gasteiger partial charge on any atom is -0.311 e. The van der Waals surface area contributed by atoms with Crippen LogP contribution in [0.4, 0.5) is 34.1 Å². The van der Waals surface area contributed by atoms with Gasteiger partial charge >= 0.3 is 0 Å². The van der Waals surface area contributed by atoms with E-state index >= 15 is 0 Å². The van der Waals surface area contributed by atoms with E-state index in [4.69, 9.17) is 44.9 Å². The van der Waals surface area contributed by atoms with E-state index in [1.165, 1.54) is 33.5 Å². The zero-order chi connectivity index (χ0) is 70.0. The van der Waals surface area contributed by atoms with Gasteiger partial charge in [0.05, 0.1) is 16.7 Å². The van der Waals surface area contributed by atoms with Crippen molar-refractivity contribution in [3.8, 4) is 119 Å². The number of benzene rings is 14. The molecule has 106 heavy (non-hydrogen) atoms. The summed E-state index contributed by atoms with van der Waals surface area (Å²) < 4.78 is 2.31. The number of anilines is 6. The van der Waals surface area contributed by atoms with Crippen LogP contribution < -0.4 is 26.2 Å². The van der Waals surface area contributed by atoms with E-state index in [0.29, 0.717) is 52.4 Å². The molecule has 14 aromatic carbocycles. The van der Waals surface area contributed by atoms with E-state index in [0.717, 1.165) is 106 Å². The van der Waals surface area contributed by atoms with Gasteiger partial charge in [0, 0.05) is 95.0 Å². The Morgan fingerprint density at radius 1 is 0.198 bits per heavy atom. The fourth-order valence-electron chi connectivity index (χ4n) is 15.2. The predicted molar refractivity (Wildman–Crippen MR) is 429 cm³/mol. The van der Waals surface area contributed by atoms with Gasteiger partial charge < -0.3 is 14.4 Å². The van der Waals surface area contributed by atoms with Gasteiger partial charge in [-0.15, -0.1) is 0 Å². The Labute approximate surface area is 611 Å². The maximum absolute atomic E-state index is 5.55. The predicted octanol–water partition coefficient (Wildman–Crippen LogP) is 20.1. The fraction of sp³-hybridized carbons (Fsp3) is 0. The van der Waals surface area contributed by atoms with E-state index in [1.807, 2.05) is 152 Å². The third-order valence-corrected chi connectivity index (χ3v) is 20.2. The van der Waals surface area contributed by atoms with Gasteiger partial charge in [-0.05, 0) is 119 Å². The summed E-state index contributed by atoms with van der Waals surface area (Å²) in [7, 11) is 0. The van der Waals surface area contributed by atoms with Crippen molar-refractivity contribution in [2.45, 2.75) is 0 Å². The molecule has 0 saturated heterocycles. The summed E-state index contributed by atoms with van der Waals surface area (Å²) >= 11 is 0. The molecule has 494 valence electrons. The topological polar surface area (TPSA) is 127 Å². The fourth-order valence-corrected chi connectivity index (χ4v) is 15.2. The molecule has 0 bridgehead atoms. The zero-order valence-electron chi connectivity index (χ0n) is 57.0. The van der Waals surface area contributed by atoms with Gasteiger partial charge in [0.15, 0.2) is 52.4 Å². The molecule has 20 rings (SSSR count). The van der Waals surface area contributed by atoms with Gasteiger partial charge in [-0.3, -0.25) is 0 Å². The highest BCUT2D eigenvalue weighted by Gasteiger charge is 2.43. The van der Waals surface area contributed by atoms with Crippen LogP contribution in [-0.4, -0.2) is 56.1 Å². The van der Waals surface area contributed by atoms with Crippen LogP contribution in [0.25, 0.3) is 141 Å². The van der Waals surface area contributed by atoms with Crippen molar-refractivity contribution in [2.75, 3.05) is 9.80 Å². The molecule has 12 nitrogen and oxygen atoms in total. The summed E-state index contributed by atoms with van der Waals surface area (Å²) in [4.78, 5) is 52.2. The number of nitrogens with zero attached hydrogens (tertiary/aromatic N) is 12. The van der Waals surface area contributed by atoms with Crippen LogP contribution in [0.1, 0.15) is 0 Å². The van der Waals surface area contributed by atoms with Gasteiger partial charge in [-0.2, -0.15) is 0 Å². The first kappa shape index (κ1) is 61.4. The van der Waals surface area contributed by atoms with Crippen molar-refractivity contribution >= 4 is 79.0 Å². The molecule has 0 fully saturated rings. The van der Waals surface area contributed by atoms with Crippen LogP contribution >= 0.6 is 0 Å². The number of para-hydroxylation sites is 4. The van der Waals surface area contributed by atoms with E-state index in [9.17, 15) is 0 Å². The first-order chi connectivity index (χ1) is 52.5. The first-order valence-corrected chi connectivity index (χ1v) is 35.5. The van der Waals surface area contributed by atoms with Crippen LogP contribution in [0.5, 0.6) is 0 Å². The highest BCUT2D eigenvalue weighted by molar-refractivity contribution is 7.00. The van der Waals surface area contributed by atoms with Crippen molar-refractivity contribution in [1.29, 1.82) is 0 Å². The number of rotatable bonds is 13. The third kappa shape index (κ3) is 10.8. The molecule has 0 aliphatic carbocycles. The Bertz CT molecular complexity index is 6270. The SMILES string of the molecule is c1ccc(-c2nc(-c3ccccc3)nc(-c3ccc(-n4c5ccccc5c5cc(-c6nc(-c7ccccc7)nc(-c7ccccc7)n6)ccc54)c(-c4nc(-c5ccccc5)nc(-c5ccc(-c6ccc(N7c8ccccc8B8c9ccccc9N(c9ccccc9)c9cccc7c98)cc6)cc5)n4)c3)n2)cc1. The number of fused-ring (bicyclic) bond motifs is 7. The first-order valence-electron chi connectivity index (χ1n) is 35.5. The van der Waals surface area contributed by atoms with Crippen LogP contribution in [-0.2, 0) is 0 Å². The second kappa shape index (κ2) is 25.9. The zero-order valence-corrected chi connectivity index (χ0v) is 57.0. The molecule has 4 aromatic heterocycles. The Morgan fingerprint density at radius 3 is 0.991 bits per heavy atom. The Kier molecular flexibility index (Phi) is 15.0. The highest BCUT2D eigenvalue weighted by atomic mass is 15.2. The summed E-state index contributed by atoms with van der Waals surface area (Å²) in [5, 5.41) is 2.04. The normalized spacial score (nSPS) is 12.1. The highest BCUT2D eigenvalue weighted by Crippen LogP contribution is 2.46.